The van der Waals surface area contributed by atoms with Crippen molar-refractivity contribution in [2.75, 3.05) is 18.7 Å². The van der Waals surface area contributed by atoms with Crippen LogP contribution in [0.2, 0.25) is 0 Å². The quantitative estimate of drug-likeness (QED) is 0.651. The van der Waals surface area contributed by atoms with Gasteiger partial charge in [-0.15, -0.1) is 11.8 Å². The maximum Gasteiger partial charge on any atom is 0.323 e. The van der Waals surface area contributed by atoms with Gasteiger partial charge in [-0.1, -0.05) is 18.2 Å². The van der Waals surface area contributed by atoms with Crippen molar-refractivity contribution in [2.45, 2.75) is 5.25 Å². The highest BCUT2D eigenvalue weighted by atomic mass is 32.2. The summed E-state index contributed by atoms with van der Waals surface area (Å²) in [7, 11) is 1.56. The molecule has 1 N–H and O–H groups in total. The summed E-state index contributed by atoms with van der Waals surface area (Å²) >= 11 is 1.38. The first kappa shape index (κ1) is 16.2. The van der Waals surface area contributed by atoms with Gasteiger partial charge in [-0.3, -0.25) is 10.1 Å². The first-order chi connectivity index (χ1) is 11.6. The second-order valence-corrected chi connectivity index (χ2v) is 6.03. The number of nitro groups is 1. The fourth-order valence-electron chi connectivity index (χ4n) is 2.54. The van der Waals surface area contributed by atoms with Gasteiger partial charge in [-0.25, -0.2) is 0 Å². The number of nitrogens with one attached hydrogen (secondary N) is 1. The highest BCUT2D eigenvalue weighted by Gasteiger charge is 2.38. The van der Waals surface area contributed by atoms with Gasteiger partial charge in [0.2, 0.25) is 0 Å². The van der Waals surface area contributed by atoms with E-state index in [1.54, 1.807) is 25.3 Å². The Hall–Kier alpha value is -2.67. The van der Waals surface area contributed by atoms with E-state index in [9.17, 15) is 10.1 Å². The molecule has 24 heavy (non-hydrogen) atoms. The molecule has 0 aromatic heterocycles. The summed E-state index contributed by atoms with van der Waals surface area (Å²) in [5.41, 5.74) is 1.45. The third kappa shape index (κ3) is 3.03. The number of anilines is 1. The zero-order valence-electron chi connectivity index (χ0n) is 13.2. The average molecular weight is 344 g/mol. The molecule has 0 saturated carbocycles. The zero-order chi connectivity index (χ0) is 17.1. The van der Waals surface area contributed by atoms with Gasteiger partial charge in [0.05, 0.1) is 12.0 Å². The molecule has 124 valence electrons. The summed E-state index contributed by atoms with van der Waals surface area (Å²) in [4.78, 5) is 11.3. The van der Waals surface area contributed by atoms with E-state index in [4.69, 9.17) is 9.47 Å². The average Bonchev–Trinajstić information content (AvgIpc) is 2.60. The second kappa shape index (κ2) is 6.84. The number of fused-ring (bicyclic) bond motifs is 1. The first-order valence-electron chi connectivity index (χ1n) is 7.23. The van der Waals surface area contributed by atoms with E-state index in [0.717, 1.165) is 11.3 Å². The lowest BCUT2D eigenvalue weighted by molar-refractivity contribution is -0.430. The van der Waals surface area contributed by atoms with Crippen LogP contribution in [0.5, 0.6) is 11.5 Å². The second-order valence-electron chi connectivity index (χ2n) is 5.08. The molecule has 2 aromatic carbocycles. The highest BCUT2D eigenvalue weighted by molar-refractivity contribution is 7.99. The molecule has 3 rings (SSSR count). The molecular weight excluding hydrogens is 328 g/mol. The van der Waals surface area contributed by atoms with Crippen molar-refractivity contribution >= 4 is 17.4 Å². The Balaban J connectivity index is 2.07. The fourth-order valence-corrected chi connectivity index (χ4v) is 3.39. The number of nitrogens with zero attached hydrogens (tertiary/aromatic N) is 1. The Bertz CT molecular complexity index is 792. The predicted octanol–water partition coefficient (Wildman–Crippen LogP) is 4.05. The largest absolute Gasteiger partial charge is 0.497 e. The Kier molecular flexibility index (Phi) is 4.61. The van der Waals surface area contributed by atoms with Crippen molar-refractivity contribution in [3.63, 3.8) is 0 Å². The third-order valence-corrected chi connectivity index (χ3v) is 4.61. The van der Waals surface area contributed by atoms with Gasteiger partial charge in [0.15, 0.2) is 0 Å². The highest BCUT2D eigenvalue weighted by Crippen LogP contribution is 2.46. The standard InChI is InChI=1S/C17H16N2O4S/c1-22-12-8-9-14-13(10-12)16(24-2)15(19(20)21)17(23-14)18-11-6-4-3-5-7-11/h3-10,16,18H,1-2H3. The van der Waals surface area contributed by atoms with Crippen molar-refractivity contribution in [2.24, 2.45) is 0 Å². The molecule has 0 amide bonds. The van der Waals surface area contributed by atoms with Crippen LogP contribution in [0, 0.1) is 10.1 Å². The van der Waals surface area contributed by atoms with Gasteiger partial charge in [0.1, 0.15) is 16.7 Å². The van der Waals surface area contributed by atoms with Gasteiger partial charge in [0.25, 0.3) is 5.88 Å². The van der Waals surface area contributed by atoms with Crippen molar-refractivity contribution in [1.82, 2.24) is 0 Å². The van der Waals surface area contributed by atoms with Crippen molar-refractivity contribution in [3.05, 3.63) is 75.8 Å². The minimum absolute atomic E-state index is 0.00731. The Morgan fingerprint density at radius 1 is 1.25 bits per heavy atom. The minimum Gasteiger partial charge on any atom is -0.497 e. The summed E-state index contributed by atoms with van der Waals surface area (Å²) in [5.74, 6) is 1.36. The van der Waals surface area contributed by atoms with Crippen LogP contribution in [0.3, 0.4) is 0 Å². The van der Waals surface area contributed by atoms with Gasteiger partial charge < -0.3 is 14.8 Å². The van der Waals surface area contributed by atoms with Crippen molar-refractivity contribution < 1.29 is 14.4 Å². The Morgan fingerprint density at radius 3 is 2.62 bits per heavy atom. The molecule has 7 heteroatoms. The lowest BCUT2D eigenvalue weighted by Crippen LogP contribution is -2.23. The zero-order valence-corrected chi connectivity index (χ0v) is 14.0. The van der Waals surface area contributed by atoms with E-state index in [1.165, 1.54) is 11.8 Å². The van der Waals surface area contributed by atoms with Crippen LogP contribution in [-0.4, -0.2) is 18.3 Å². The normalized spacial score (nSPS) is 16.2. The summed E-state index contributed by atoms with van der Waals surface area (Å²) in [5, 5.41) is 14.2. The topological polar surface area (TPSA) is 73.6 Å². The van der Waals surface area contributed by atoms with E-state index in [1.807, 2.05) is 36.6 Å². The number of methoxy groups -OCH3 is 1. The molecular formula is C17H16N2O4S. The number of para-hydroxylation sites is 1. The fraction of sp³-hybridized carbons (Fsp3) is 0.176. The van der Waals surface area contributed by atoms with Crippen LogP contribution in [0.15, 0.2) is 60.1 Å². The summed E-state index contributed by atoms with van der Waals surface area (Å²) in [6.07, 6.45) is 1.84. The van der Waals surface area contributed by atoms with Crippen LogP contribution in [0.1, 0.15) is 10.8 Å². The first-order valence-corrected chi connectivity index (χ1v) is 8.52. The van der Waals surface area contributed by atoms with Gasteiger partial charge >= 0.3 is 5.70 Å². The number of ether oxygens (including phenoxy) is 2. The number of benzene rings is 2. The summed E-state index contributed by atoms with van der Waals surface area (Å²) < 4.78 is 11.0. The van der Waals surface area contributed by atoms with E-state index in [2.05, 4.69) is 5.32 Å². The van der Waals surface area contributed by atoms with Crippen LogP contribution in [0.4, 0.5) is 5.69 Å². The lowest BCUT2D eigenvalue weighted by atomic mass is 10.1. The molecule has 1 unspecified atom stereocenters. The Labute approximate surface area is 143 Å². The number of rotatable bonds is 5. The molecule has 1 aliphatic heterocycles. The van der Waals surface area contributed by atoms with Gasteiger partial charge in [0, 0.05) is 11.3 Å². The SMILES string of the molecule is COc1ccc2c(c1)C(SC)C([N+](=O)[O-])=C(Nc1ccccc1)O2. The number of thioether (sulfide) groups is 1. The number of hydrogen-bond donors (Lipinski definition) is 1. The molecule has 1 aliphatic rings. The molecule has 2 aromatic rings. The monoisotopic (exact) mass is 344 g/mol. The predicted molar refractivity (Wildman–Crippen MR) is 94.0 cm³/mol. The number of hydrogen-bond acceptors (Lipinski definition) is 6. The maximum absolute atomic E-state index is 11.7. The smallest absolute Gasteiger partial charge is 0.323 e. The van der Waals surface area contributed by atoms with Gasteiger partial charge in [-0.2, -0.15) is 0 Å². The van der Waals surface area contributed by atoms with E-state index in [-0.39, 0.29) is 11.6 Å². The van der Waals surface area contributed by atoms with E-state index >= 15 is 0 Å². The molecule has 0 spiro atoms. The molecule has 0 fully saturated rings. The van der Waals surface area contributed by atoms with E-state index in [0.29, 0.717) is 11.5 Å². The Morgan fingerprint density at radius 2 is 2.00 bits per heavy atom. The van der Waals surface area contributed by atoms with Gasteiger partial charge in [-0.05, 0) is 36.6 Å². The summed E-state index contributed by atoms with van der Waals surface area (Å²) in [6, 6.07) is 14.5. The van der Waals surface area contributed by atoms with Crippen molar-refractivity contribution in [3.8, 4) is 11.5 Å². The molecule has 0 radical (unpaired) electrons. The summed E-state index contributed by atoms with van der Waals surface area (Å²) in [6.45, 7) is 0. The molecule has 1 heterocycles. The molecule has 0 saturated heterocycles. The molecule has 6 nitrogen and oxygen atoms in total. The van der Waals surface area contributed by atoms with Crippen LogP contribution in [0.25, 0.3) is 0 Å². The van der Waals surface area contributed by atoms with Crippen molar-refractivity contribution in [1.29, 1.82) is 0 Å². The third-order valence-electron chi connectivity index (χ3n) is 3.66. The van der Waals surface area contributed by atoms with E-state index < -0.39 is 10.2 Å². The lowest BCUT2D eigenvalue weighted by Gasteiger charge is -2.25. The molecule has 1 atom stereocenters. The molecule has 0 bridgehead atoms. The van der Waals surface area contributed by atoms with Crippen LogP contribution >= 0.6 is 11.8 Å². The maximum atomic E-state index is 11.7. The van der Waals surface area contributed by atoms with Crippen LogP contribution < -0.4 is 14.8 Å². The molecule has 0 aliphatic carbocycles. The van der Waals surface area contributed by atoms with Crippen LogP contribution in [-0.2, 0) is 0 Å². The minimum atomic E-state index is -0.454.